The van der Waals surface area contributed by atoms with Crippen LogP contribution in [0.5, 0.6) is 5.75 Å². The van der Waals surface area contributed by atoms with E-state index >= 15 is 0 Å². The molecule has 132 valence electrons. The number of hydrogen-bond donors (Lipinski definition) is 1. The normalized spacial score (nSPS) is 17.5. The number of carbonyl (C=O) groups excluding carboxylic acids is 1. The Labute approximate surface area is 149 Å². The van der Waals surface area contributed by atoms with E-state index in [-0.39, 0.29) is 25.5 Å². The van der Waals surface area contributed by atoms with Gasteiger partial charge in [-0.15, -0.1) is 0 Å². The van der Waals surface area contributed by atoms with Gasteiger partial charge in [-0.25, -0.2) is 0 Å². The van der Waals surface area contributed by atoms with Gasteiger partial charge in [0.15, 0.2) is 6.61 Å². The fraction of sp³-hybridized carbons (Fsp3) is 0.353. The van der Waals surface area contributed by atoms with E-state index < -0.39 is 12.0 Å². The van der Waals surface area contributed by atoms with Crippen molar-refractivity contribution < 1.29 is 24.2 Å². The number of amides is 1. The van der Waals surface area contributed by atoms with Crippen LogP contribution in [0.4, 0.5) is 0 Å². The van der Waals surface area contributed by atoms with E-state index in [1.54, 1.807) is 24.4 Å². The molecular formula is C17H17ClN2O5. The van der Waals surface area contributed by atoms with E-state index in [0.717, 1.165) is 5.39 Å². The number of aliphatic carboxylic acids is 1. The fourth-order valence-corrected chi connectivity index (χ4v) is 3.02. The number of halogens is 1. The van der Waals surface area contributed by atoms with Crippen LogP contribution in [0.25, 0.3) is 10.9 Å². The molecule has 1 fully saturated rings. The van der Waals surface area contributed by atoms with Gasteiger partial charge in [-0.2, -0.15) is 0 Å². The van der Waals surface area contributed by atoms with E-state index in [9.17, 15) is 9.59 Å². The molecule has 1 saturated heterocycles. The summed E-state index contributed by atoms with van der Waals surface area (Å²) in [7, 11) is 0. The van der Waals surface area contributed by atoms with Gasteiger partial charge in [0.1, 0.15) is 11.3 Å². The van der Waals surface area contributed by atoms with Gasteiger partial charge >= 0.3 is 5.97 Å². The predicted molar refractivity (Wildman–Crippen MR) is 90.8 cm³/mol. The SMILES string of the molecule is O=C(O)CC1COCCN1C(=O)COc1ccc(Cl)c2cccnc12. The Balaban J connectivity index is 1.71. The highest BCUT2D eigenvalue weighted by Crippen LogP contribution is 2.29. The summed E-state index contributed by atoms with van der Waals surface area (Å²) in [4.78, 5) is 29.2. The third kappa shape index (κ3) is 4.00. The highest BCUT2D eigenvalue weighted by molar-refractivity contribution is 6.35. The van der Waals surface area contributed by atoms with Gasteiger partial charge in [0.05, 0.1) is 30.7 Å². The summed E-state index contributed by atoms with van der Waals surface area (Å²) in [5, 5.41) is 10.3. The number of rotatable bonds is 5. The molecule has 8 heteroatoms. The van der Waals surface area contributed by atoms with Gasteiger partial charge < -0.3 is 19.5 Å². The summed E-state index contributed by atoms with van der Waals surface area (Å²) >= 11 is 6.14. The molecule has 1 amide bonds. The summed E-state index contributed by atoms with van der Waals surface area (Å²) in [5.41, 5.74) is 0.576. The molecule has 2 heterocycles. The summed E-state index contributed by atoms with van der Waals surface area (Å²) < 4.78 is 10.9. The quantitative estimate of drug-likeness (QED) is 0.872. The van der Waals surface area contributed by atoms with Gasteiger partial charge in [-0.1, -0.05) is 11.6 Å². The van der Waals surface area contributed by atoms with E-state index in [4.69, 9.17) is 26.2 Å². The van der Waals surface area contributed by atoms with E-state index in [2.05, 4.69) is 4.98 Å². The highest BCUT2D eigenvalue weighted by Gasteiger charge is 2.29. The van der Waals surface area contributed by atoms with Crippen LogP contribution in [0.2, 0.25) is 5.02 Å². The molecule has 2 aromatic rings. The average molecular weight is 365 g/mol. The molecule has 0 aliphatic carbocycles. The zero-order valence-corrected chi connectivity index (χ0v) is 14.1. The van der Waals surface area contributed by atoms with Crippen LogP contribution < -0.4 is 4.74 Å². The van der Waals surface area contributed by atoms with Crippen molar-refractivity contribution in [2.75, 3.05) is 26.4 Å². The second-order valence-corrected chi connectivity index (χ2v) is 6.05. The van der Waals surface area contributed by atoms with E-state index in [1.807, 2.05) is 6.07 Å². The molecule has 3 rings (SSSR count). The van der Waals surface area contributed by atoms with Gasteiger partial charge in [-0.3, -0.25) is 14.6 Å². The second-order valence-electron chi connectivity index (χ2n) is 5.65. The third-order valence-electron chi connectivity index (χ3n) is 3.99. The number of aromatic nitrogens is 1. The Morgan fingerprint density at radius 2 is 2.24 bits per heavy atom. The monoisotopic (exact) mass is 364 g/mol. The lowest BCUT2D eigenvalue weighted by Gasteiger charge is -2.34. The van der Waals surface area contributed by atoms with Crippen molar-refractivity contribution in [1.29, 1.82) is 0 Å². The number of fused-ring (bicyclic) bond motifs is 1. The molecular weight excluding hydrogens is 348 g/mol. The number of ether oxygens (including phenoxy) is 2. The van der Waals surface area contributed by atoms with Crippen LogP contribution in [-0.4, -0.2) is 59.3 Å². The highest BCUT2D eigenvalue weighted by atomic mass is 35.5. The summed E-state index contributed by atoms with van der Waals surface area (Å²) in [6.45, 7) is 0.736. The number of carboxylic acid groups (broad SMARTS) is 1. The topological polar surface area (TPSA) is 89.0 Å². The molecule has 1 N–H and O–H groups in total. The first-order valence-electron chi connectivity index (χ1n) is 7.81. The zero-order chi connectivity index (χ0) is 17.8. The van der Waals surface area contributed by atoms with Gasteiger partial charge in [-0.05, 0) is 24.3 Å². The minimum absolute atomic E-state index is 0.156. The number of morpholine rings is 1. The van der Waals surface area contributed by atoms with Crippen molar-refractivity contribution in [3.05, 3.63) is 35.5 Å². The van der Waals surface area contributed by atoms with Crippen LogP contribution in [0.3, 0.4) is 0 Å². The molecule has 1 unspecified atom stereocenters. The fourth-order valence-electron chi connectivity index (χ4n) is 2.80. The van der Waals surface area contributed by atoms with Crippen molar-refractivity contribution in [3.63, 3.8) is 0 Å². The van der Waals surface area contributed by atoms with E-state index in [0.29, 0.717) is 29.4 Å². The summed E-state index contributed by atoms with van der Waals surface area (Å²) in [6.07, 6.45) is 1.47. The Hall–Kier alpha value is -2.38. The Bertz CT molecular complexity index is 798. The number of hydrogen-bond acceptors (Lipinski definition) is 5. The molecule has 0 spiro atoms. The third-order valence-corrected chi connectivity index (χ3v) is 4.32. The van der Waals surface area contributed by atoms with Crippen molar-refractivity contribution in [1.82, 2.24) is 9.88 Å². The van der Waals surface area contributed by atoms with Crippen LogP contribution in [0.1, 0.15) is 6.42 Å². The Morgan fingerprint density at radius 3 is 3.04 bits per heavy atom. The van der Waals surface area contributed by atoms with Crippen molar-refractivity contribution >= 4 is 34.4 Å². The van der Waals surface area contributed by atoms with Crippen molar-refractivity contribution in [2.45, 2.75) is 12.5 Å². The lowest BCUT2D eigenvalue weighted by atomic mass is 10.1. The molecule has 1 aliphatic heterocycles. The Morgan fingerprint density at radius 1 is 1.40 bits per heavy atom. The number of pyridine rings is 1. The maximum atomic E-state index is 12.5. The maximum Gasteiger partial charge on any atom is 0.305 e. The standard InChI is InChI=1S/C17H17ClN2O5/c18-13-3-4-14(17-12(13)2-1-5-19-17)25-10-15(21)20-6-7-24-9-11(20)8-16(22)23/h1-5,11H,6-10H2,(H,22,23). The van der Waals surface area contributed by atoms with Crippen LogP contribution in [0.15, 0.2) is 30.5 Å². The molecule has 1 aromatic carbocycles. The summed E-state index contributed by atoms with van der Waals surface area (Å²) in [5.74, 6) is -0.799. The van der Waals surface area contributed by atoms with E-state index in [1.165, 1.54) is 4.90 Å². The first-order chi connectivity index (χ1) is 12.1. The first kappa shape index (κ1) is 17.4. The van der Waals surface area contributed by atoms with Crippen LogP contribution >= 0.6 is 11.6 Å². The molecule has 1 aliphatic rings. The molecule has 0 radical (unpaired) electrons. The molecule has 25 heavy (non-hydrogen) atoms. The minimum atomic E-state index is -0.970. The minimum Gasteiger partial charge on any atom is -0.481 e. The number of carbonyl (C=O) groups is 2. The Kier molecular flexibility index (Phi) is 5.35. The molecule has 0 bridgehead atoms. The van der Waals surface area contributed by atoms with Crippen LogP contribution in [-0.2, 0) is 14.3 Å². The number of carboxylic acids is 1. The predicted octanol–water partition coefficient (Wildman–Crippen LogP) is 1.97. The number of nitrogens with zero attached hydrogens (tertiary/aromatic N) is 2. The lowest BCUT2D eigenvalue weighted by molar-refractivity contribution is -0.147. The van der Waals surface area contributed by atoms with Crippen LogP contribution in [0, 0.1) is 0 Å². The molecule has 1 atom stereocenters. The average Bonchev–Trinajstić information content (AvgIpc) is 2.61. The van der Waals surface area contributed by atoms with Crippen molar-refractivity contribution in [3.8, 4) is 5.75 Å². The van der Waals surface area contributed by atoms with Gasteiger partial charge in [0.25, 0.3) is 5.91 Å². The summed E-state index contributed by atoms with van der Waals surface area (Å²) in [6, 6.07) is 6.46. The molecule has 7 nitrogen and oxygen atoms in total. The lowest BCUT2D eigenvalue weighted by Crippen LogP contribution is -2.51. The second kappa shape index (κ2) is 7.67. The maximum absolute atomic E-state index is 12.5. The number of benzene rings is 1. The largest absolute Gasteiger partial charge is 0.481 e. The zero-order valence-electron chi connectivity index (χ0n) is 13.4. The molecule has 0 saturated carbocycles. The first-order valence-corrected chi connectivity index (χ1v) is 8.19. The van der Waals surface area contributed by atoms with Gasteiger partial charge in [0.2, 0.25) is 0 Å². The van der Waals surface area contributed by atoms with Crippen molar-refractivity contribution in [2.24, 2.45) is 0 Å². The van der Waals surface area contributed by atoms with Gasteiger partial charge in [0, 0.05) is 18.1 Å². The smallest absolute Gasteiger partial charge is 0.305 e. The molecule has 1 aromatic heterocycles.